The average molecular weight is 386 g/mol. The summed E-state index contributed by atoms with van der Waals surface area (Å²) in [5.41, 5.74) is 0.708. The van der Waals surface area contributed by atoms with Gasteiger partial charge in [0.05, 0.1) is 24.1 Å². The van der Waals surface area contributed by atoms with Gasteiger partial charge in [0.15, 0.2) is 0 Å². The molecule has 0 spiro atoms. The summed E-state index contributed by atoms with van der Waals surface area (Å²) in [7, 11) is 1.27. The van der Waals surface area contributed by atoms with E-state index in [4.69, 9.17) is 9.26 Å². The van der Waals surface area contributed by atoms with Crippen molar-refractivity contribution in [2.45, 2.75) is 5.03 Å². The van der Waals surface area contributed by atoms with Gasteiger partial charge in [0, 0.05) is 12.1 Å². The van der Waals surface area contributed by atoms with Crippen LogP contribution in [-0.2, 0) is 9.53 Å². The van der Waals surface area contributed by atoms with Gasteiger partial charge in [-0.2, -0.15) is 0 Å². The highest BCUT2D eigenvalue weighted by Crippen LogP contribution is 2.17. The Morgan fingerprint density at radius 1 is 1.15 bits per heavy atom. The number of hydrogen-bond donors (Lipinski definition) is 2. The van der Waals surface area contributed by atoms with Crippen LogP contribution < -0.4 is 15.6 Å². The van der Waals surface area contributed by atoms with Crippen LogP contribution in [0.2, 0.25) is 0 Å². The predicted octanol–water partition coefficient (Wildman–Crippen LogP) is 1.76. The number of hydrogen-bond acceptors (Lipinski definition) is 6. The standard InChI is InChI=1S/C18H15N3O5S/c1-25-17(23)13-9-5-6-10-14(13)19-15(22)11-27-16-18(24)26-20-21(16)12-7-3-2-4-8-12/h2-10H,11H2,1H3,(H-,19,20,22,23,24)/p+1. The molecule has 0 saturated heterocycles. The smallest absolute Gasteiger partial charge is 0.442 e. The molecule has 1 aromatic heterocycles. The van der Waals surface area contributed by atoms with Crippen molar-refractivity contribution in [1.82, 2.24) is 5.27 Å². The lowest BCUT2D eigenvalue weighted by Gasteiger charge is -2.08. The predicted molar refractivity (Wildman–Crippen MR) is 98.0 cm³/mol. The van der Waals surface area contributed by atoms with Gasteiger partial charge in [-0.15, -0.1) is 0 Å². The van der Waals surface area contributed by atoms with Gasteiger partial charge in [-0.05, 0) is 33.8 Å². The number of aromatic nitrogens is 2. The Morgan fingerprint density at radius 3 is 2.59 bits per heavy atom. The molecule has 8 nitrogen and oxygen atoms in total. The molecule has 27 heavy (non-hydrogen) atoms. The fraction of sp³-hybridized carbons (Fsp3) is 0.111. The van der Waals surface area contributed by atoms with E-state index >= 15 is 0 Å². The van der Waals surface area contributed by atoms with Gasteiger partial charge in [-0.25, -0.2) is 9.59 Å². The molecule has 0 bridgehead atoms. The number of nitrogens with one attached hydrogen (secondary N) is 2. The van der Waals surface area contributed by atoms with E-state index in [1.807, 2.05) is 18.2 Å². The molecule has 0 fully saturated rings. The van der Waals surface area contributed by atoms with E-state index in [0.717, 1.165) is 11.8 Å². The van der Waals surface area contributed by atoms with E-state index in [1.165, 1.54) is 11.8 Å². The molecule has 2 aromatic carbocycles. The van der Waals surface area contributed by atoms with Gasteiger partial charge in [0.2, 0.25) is 11.6 Å². The number of para-hydroxylation sites is 2. The average Bonchev–Trinajstić information content (AvgIpc) is 3.07. The number of amides is 1. The zero-order valence-corrected chi connectivity index (χ0v) is 15.1. The van der Waals surface area contributed by atoms with E-state index < -0.39 is 11.6 Å². The topological polar surface area (TPSA) is 105 Å². The van der Waals surface area contributed by atoms with Crippen molar-refractivity contribution in [3.63, 3.8) is 0 Å². The summed E-state index contributed by atoms with van der Waals surface area (Å²) in [6.07, 6.45) is 0. The summed E-state index contributed by atoms with van der Waals surface area (Å²) in [4.78, 5) is 36.0. The molecule has 0 aliphatic carbocycles. The Bertz CT molecular complexity index is 1010. The van der Waals surface area contributed by atoms with Crippen molar-refractivity contribution in [2.75, 3.05) is 18.2 Å². The first-order valence-electron chi connectivity index (χ1n) is 7.89. The number of thioether (sulfide) groups is 1. The van der Waals surface area contributed by atoms with Crippen molar-refractivity contribution in [2.24, 2.45) is 0 Å². The highest BCUT2D eigenvalue weighted by molar-refractivity contribution is 7.99. The third kappa shape index (κ3) is 4.26. The molecule has 9 heteroatoms. The van der Waals surface area contributed by atoms with E-state index in [2.05, 4.69) is 10.6 Å². The molecule has 0 atom stereocenters. The van der Waals surface area contributed by atoms with Crippen molar-refractivity contribution < 1.29 is 23.5 Å². The number of H-pyrrole nitrogens is 1. The Labute approximate surface area is 158 Å². The quantitative estimate of drug-likeness (QED) is 0.380. The summed E-state index contributed by atoms with van der Waals surface area (Å²) in [5, 5.41) is 5.40. The zero-order valence-electron chi connectivity index (χ0n) is 14.3. The van der Waals surface area contributed by atoms with Gasteiger partial charge in [0.25, 0.3) is 0 Å². The van der Waals surface area contributed by atoms with E-state index in [-0.39, 0.29) is 22.2 Å². The fourth-order valence-electron chi connectivity index (χ4n) is 2.33. The van der Waals surface area contributed by atoms with Crippen LogP contribution in [0.5, 0.6) is 0 Å². The van der Waals surface area contributed by atoms with E-state index in [0.29, 0.717) is 11.4 Å². The van der Waals surface area contributed by atoms with Gasteiger partial charge >= 0.3 is 16.6 Å². The first-order valence-corrected chi connectivity index (χ1v) is 8.87. The first-order chi connectivity index (χ1) is 13.1. The second-order valence-corrected chi connectivity index (χ2v) is 6.29. The largest absolute Gasteiger partial charge is 0.465 e. The lowest BCUT2D eigenvalue weighted by Crippen LogP contribution is -2.36. The molecule has 0 saturated carbocycles. The second kappa shape index (κ2) is 8.37. The van der Waals surface area contributed by atoms with Crippen LogP contribution in [0.1, 0.15) is 10.4 Å². The Balaban J connectivity index is 1.72. The lowest BCUT2D eigenvalue weighted by atomic mass is 10.2. The van der Waals surface area contributed by atoms with E-state index in [9.17, 15) is 14.4 Å². The minimum atomic E-state index is -0.577. The third-order valence-electron chi connectivity index (χ3n) is 3.57. The Morgan fingerprint density at radius 2 is 1.85 bits per heavy atom. The number of anilines is 1. The van der Waals surface area contributed by atoms with Crippen LogP contribution >= 0.6 is 11.8 Å². The number of rotatable bonds is 6. The molecule has 0 radical (unpaired) electrons. The normalized spacial score (nSPS) is 10.4. The van der Waals surface area contributed by atoms with Crippen molar-refractivity contribution in [3.05, 3.63) is 70.6 Å². The summed E-state index contributed by atoms with van der Waals surface area (Å²) in [6.45, 7) is 0. The zero-order chi connectivity index (χ0) is 19.2. The highest BCUT2D eigenvalue weighted by atomic mass is 32.2. The van der Waals surface area contributed by atoms with Gasteiger partial charge in [-0.3, -0.25) is 9.32 Å². The number of benzene rings is 2. The van der Waals surface area contributed by atoms with Crippen molar-refractivity contribution in [1.29, 1.82) is 0 Å². The monoisotopic (exact) mass is 386 g/mol. The Hall–Kier alpha value is -3.33. The molecule has 138 valence electrons. The molecule has 3 rings (SSSR count). The number of ether oxygens (including phenoxy) is 1. The molecule has 1 heterocycles. The van der Waals surface area contributed by atoms with Gasteiger partial charge in [-0.1, -0.05) is 30.3 Å². The summed E-state index contributed by atoms with van der Waals surface area (Å²) < 4.78 is 11.0. The molecular formula is C18H16N3O5S+. The van der Waals surface area contributed by atoms with Crippen LogP contribution in [0.4, 0.5) is 5.69 Å². The van der Waals surface area contributed by atoms with Gasteiger partial charge in [0.1, 0.15) is 0 Å². The molecule has 3 aromatic rings. The number of nitrogens with zero attached hydrogens (tertiary/aromatic N) is 1. The molecule has 0 aliphatic rings. The number of carbonyl (C=O) groups excluding carboxylic acids is 2. The highest BCUT2D eigenvalue weighted by Gasteiger charge is 2.25. The minimum absolute atomic E-state index is 0.0506. The number of esters is 1. The summed E-state index contributed by atoms with van der Waals surface area (Å²) in [5.74, 6) is -0.978. The SMILES string of the molecule is COC(=O)c1ccccc1NC(=O)CSc1c(=O)o[nH][n+]1-c1ccccc1. The van der Waals surface area contributed by atoms with E-state index in [1.54, 1.807) is 36.4 Å². The van der Waals surface area contributed by atoms with Crippen LogP contribution in [0.25, 0.3) is 5.69 Å². The third-order valence-corrected chi connectivity index (χ3v) is 4.60. The number of carbonyl (C=O) groups is 2. The van der Waals surface area contributed by atoms with Crippen LogP contribution in [0, 0.1) is 0 Å². The van der Waals surface area contributed by atoms with Crippen molar-refractivity contribution in [3.8, 4) is 5.69 Å². The molecular weight excluding hydrogens is 370 g/mol. The lowest BCUT2D eigenvalue weighted by molar-refractivity contribution is -0.704. The van der Waals surface area contributed by atoms with Crippen LogP contribution in [0.15, 0.2) is 68.9 Å². The molecule has 0 unspecified atom stereocenters. The number of methoxy groups -OCH3 is 1. The summed E-state index contributed by atoms with van der Waals surface area (Å²) >= 11 is 1.02. The summed E-state index contributed by atoms with van der Waals surface area (Å²) in [6, 6.07) is 15.6. The van der Waals surface area contributed by atoms with Crippen LogP contribution in [-0.4, -0.2) is 30.0 Å². The Kier molecular flexibility index (Phi) is 5.72. The fourth-order valence-corrected chi connectivity index (χ4v) is 3.11. The molecule has 0 aliphatic heterocycles. The number of aromatic amines is 1. The van der Waals surface area contributed by atoms with Gasteiger partial charge < -0.3 is 10.1 Å². The minimum Gasteiger partial charge on any atom is -0.465 e. The second-order valence-electron chi connectivity index (χ2n) is 5.33. The molecule has 2 N–H and O–H groups in total. The molecule has 1 amide bonds. The maximum atomic E-state index is 12.3. The van der Waals surface area contributed by atoms with Crippen LogP contribution in [0.3, 0.4) is 0 Å². The maximum absolute atomic E-state index is 12.3. The first kappa shape index (κ1) is 18.5. The maximum Gasteiger partial charge on any atom is 0.442 e. The van der Waals surface area contributed by atoms with Crippen molar-refractivity contribution >= 4 is 29.3 Å².